The highest BCUT2D eigenvalue weighted by Crippen LogP contribution is 2.32. The maximum Gasteiger partial charge on any atom is 0.416 e. The Balaban J connectivity index is 1.90. The van der Waals surface area contributed by atoms with Crippen LogP contribution in [-0.2, 0) is 15.8 Å². The molecule has 1 atom stereocenters. The number of rotatable bonds is 5. The molecule has 2 aromatic carbocycles. The van der Waals surface area contributed by atoms with E-state index in [0.29, 0.717) is 0 Å². The first-order chi connectivity index (χ1) is 13.6. The number of benzene rings is 2. The second-order valence-electron chi connectivity index (χ2n) is 5.76. The summed E-state index contributed by atoms with van der Waals surface area (Å²) >= 11 is 5.83. The summed E-state index contributed by atoms with van der Waals surface area (Å²) in [6.07, 6.45) is -3.57. The first-order valence-corrected chi connectivity index (χ1v) is 8.51. The third-order valence-electron chi connectivity index (χ3n) is 3.54. The van der Waals surface area contributed by atoms with Gasteiger partial charge >= 0.3 is 6.18 Å². The van der Waals surface area contributed by atoms with Crippen LogP contribution in [0.1, 0.15) is 18.1 Å². The maximum absolute atomic E-state index is 12.8. The normalized spacial score (nSPS) is 12.5. The van der Waals surface area contributed by atoms with Crippen molar-refractivity contribution in [3.05, 3.63) is 70.5 Å². The summed E-state index contributed by atoms with van der Waals surface area (Å²) < 4.78 is 56.3. The Morgan fingerprint density at radius 1 is 1.10 bits per heavy atom. The average Bonchev–Trinajstić information content (AvgIpc) is 2.66. The summed E-state index contributed by atoms with van der Waals surface area (Å²) in [4.78, 5) is 23.7. The molecule has 0 spiro atoms. The number of halogens is 5. The SMILES string of the molecule is CC(Oc1ccc(F)cc1)C(=O)NNC(=O)/C=C/c1cc(C(F)(F)F)ccc1Cl. The molecule has 0 aliphatic rings. The Bertz CT molecular complexity index is 915. The van der Waals surface area contributed by atoms with E-state index in [9.17, 15) is 27.2 Å². The monoisotopic (exact) mass is 430 g/mol. The molecule has 0 bridgehead atoms. The van der Waals surface area contributed by atoms with Gasteiger partial charge in [-0.15, -0.1) is 0 Å². The standard InChI is InChI=1S/C19H15ClF4N2O3/c1-11(29-15-6-4-14(21)5-7-15)18(28)26-25-17(27)9-2-12-10-13(19(22,23)24)3-8-16(12)20/h2-11H,1H3,(H,25,27)(H,26,28)/b9-2+. The highest BCUT2D eigenvalue weighted by molar-refractivity contribution is 6.32. The lowest BCUT2D eigenvalue weighted by atomic mass is 10.1. The molecule has 0 radical (unpaired) electrons. The van der Waals surface area contributed by atoms with Crippen LogP contribution in [0.3, 0.4) is 0 Å². The number of carbonyl (C=O) groups excluding carboxylic acids is 2. The van der Waals surface area contributed by atoms with Crippen molar-refractivity contribution >= 4 is 29.5 Å². The van der Waals surface area contributed by atoms with E-state index in [-0.39, 0.29) is 16.3 Å². The second-order valence-corrected chi connectivity index (χ2v) is 6.17. The number of amides is 2. The minimum absolute atomic E-state index is 0.0176. The Hall–Kier alpha value is -3.07. The van der Waals surface area contributed by atoms with Gasteiger partial charge in [0.05, 0.1) is 5.56 Å². The summed E-state index contributed by atoms with van der Waals surface area (Å²) in [7, 11) is 0. The van der Waals surface area contributed by atoms with Crippen molar-refractivity contribution in [3.63, 3.8) is 0 Å². The zero-order valence-corrected chi connectivity index (χ0v) is 15.6. The number of alkyl halides is 3. The lowest BCUT2D eigenvalue weighted by Gasteiger charge is -2.14. The topological polar surface area (TPSA) is 67.4 Å². The van der Waals surface area contributed by atoms with E-state index in [0.717, 1.165) is 42.5 Å². The quantitative estimate of drug-likeness (QED) is 0.426. The third-order valence-corrected chi connectivity index (χ3v) is 3.89. The fourth-order valence-electron chi connectivity index (χ4n) is 2.05. The van der Waals surface area contributed by atoms with Crippen molar-refractivity contribution in [2.75, 3.05) is 0 Å². The van der Waals surface area contributed by atoms with Gasteiger partial charge in [-0.25, -0.2) is 4.39 Å². The molecule has 1 unspecified atom stereocenters. The molecule has 0 aliphatic heterocycles. The van der Waals surface area contributed by atoms with E-state index in [1.165, 1.54) is 19.1 Å². The molecule has 0 heterocycles. The maximum atomic E-state index is 12.8. The molecule has 2 N–H and O–H groups in total. The number of carbonyl (C=O) groups is 2. The molecule has 2 rings (SSSR count). The Labute approximate surface area is 168 Å². The van der Waals surface area contributed by atoms with E-state index in [1.54, 1.807) is 0 Å². The van der Waals surface area contributed by atoms with Gasteiger partial charge in [0.2, 0.25) is 0 Å². The number of nitrogens with one attached hydrogen (secondary N) is 2. The van der Waals surface area contributed by atoms with Gasteiger partial charge in [0, 0.05) is 11.1 Å². The van der Waals surface area contributed by atoms with Crippen molar-refractivity contribution in [1.29, 1.82) is 0 Å². The van der Waals surface area contributed by atoms with Crippen molar-refractivity contribution < 1.29 is 31.9 Å². The zero-order valence-electron chi connectivity index (χ0n) is 14.9. The average molecular weight is 431 g/mol. The molecule has 0 saturated carbocycles. The van der Waals surface area contributed by atoms with Crippen LogP contribution in [0.25, 0.3) is 6.08 Å². The van der Waals surface area contributed by atoms with Crippen LogP contribution in [0.2, 0.25) is 5.02 Å². The van der Waals surface area contributed by atoms with Gasteiger partial charge in [0.25, 0.3) is 11.8 Å². The molecule has 10 heteroatoms. The largest absolute Gasteiger partial charge is 0.481 e. The van der Waals surface area contributed by atoms with Crippen molar-refractivity contribution in [1.82, 2.24) is 10.9 Å². The van der Waals surface area contributed by atoms with E-state index in [4.69, 9.17) is 16.3 Å². The van der Waals surface area contributed by atoms with Gasteiger partial charge in [-0.3, -0.25) is 20.4 Å². The van der Waals surface area contributed by atoms with E-state index >= 15 is 0 Å². The van der Waals surface area contributed by atoms with E-state index in [1.807, 2.05) is 0 Å². The van der Waals surface area contributed by atoms with Crippen LogP contribution in [-0.4, -0.2) is 17.9 Å². The molecule has 0 fully saturated rings. The molecule has 154 valence electrons. The Morgan fingerprint density at radius 3 is 2.38 bits per heavy atom. The fraction of sp³-hybridized carbons (Fsp3) is 0.158. The summed E-state index contributed by atoms with van der Waals surface area (Å²) in [6, 6.07) is 7.67. The molecule has 5 nitrogen and oxygen atoms in total. The predicted octanol–water partition coefficient (Wildman–Crippen LogP) is 4.13. The van der Waals surface area contributed by atoms with Gasteiger partial charge < -0.3 is 4.74 Å². The Morgan fingerprint density at radius 2 is 1.76 bits per heavy atom. The van der Waals surface area contributed by atoms with Crippen molar-refractivity contribution in [2.24, 2.45) is 0 Å². The first kappa shape index (κ1) is 22.2. The van der Waals surface area contributed by atoms with Gasteiger partial charge in [0.1, 0.15) is 11.6 Å². The summed E-state index contributed by atoms with van der Waals surface area (Å²) in [5, 5.41) is 0.0207. The lowest BCUT2D eigenvalue weighted by Crippen LogP contribution is -2.46. The highest BCUT2D eigenvalue weighted by Gasteiger charge is 2.30. The minimum Gasteiger partial charge on any atom is -0.481 e. The van der Waals surface area contributed by atoms with Crippen LogP contribution in [0, 0.1) is 5.82 Å². The minimum atomic E-state index is -4.55. The van der Waals surface area contributed by atoms with Crippen molar-refractivity contribution in [2.45, 2.75) is 19.2 Å². The van der Waals surface area contributed by atoms with Gasteiger partial charge in [0.15, 0.2) is 6.10 Å². The van der Waals surface area contributed by atoms with Crippen LogP contribution in [0.5, 0.6) is 5.75 Å². The van der Waals surface area contributed by atoms with E-state index in [2.05, 4.69) is 10.9 Å². The molecule has 2 amide bonds. The smallest absolute Gasteiger partial charge is 0.416 e. The zero-order chi connectivity index (χ0) is 21.6. The molecule has 0 aliphatic carbocycles. The highest BCUT2D eigenvalue weighted by atomic mass is 35.5. The molecule has 0 saturated heterocycles. The number of hydrogen-bond acceptors (Lipinski definition) is 3. The lowest BCUT2D eigenvalue weighted by molar-refractivity contribution is -0.137. The summed E-state index contributed by atoms with van der Waals surface area (Å²) in [5.41, 5.74) is 3.23. The van der Waals surface area contributed by atoms with Crippen LogP contribution < -0.4 is 15.6 Å². The van der Waals surface area contributed by atoms with Crippen LogP contribution in [0.4, 0.5) is 17.6 Å². The van der Waals surface area contributed by atoms with Crippen LogP contribution in [0.15, 0.2) is 48.5 Å². The van der Waals surface area contributed by atoms with Gasteiger partial charge in [-0.2, -0.15) is 13.2 Å². The van der Waals surface area contributed by atoms with Gasteiger partial charge in [-0.1, -0.05) is 11.6 Å². The summed E-state index contributed by atoms with van der Waals surface area (Å²) in [5.74, 6) is -1.72. The second kappa shape index (κ2) is 9.42. The summed E-state index contributed by atoms with van der Waals surface area (Å²) in [6.45, 7) is 1.41. The van der Waals surface area contributed by atoms with Crippen molar-refractivity contribution in [3.8, 4) is 5.75 Å². The number of hydrogen-bond donors (Lipinski definition) is 2. The fourth-order valence-corrected chi connectivity index (χ4v) is 2.23. The predicted molar refractivity (Wildman–Crippen MR) is 98.3 cm³/mol. The first-order valence-electron chi connectivity index (χ1n) is 8.13. The molecule has 0 aromatic heterocycles. The Kier molecular flexibility index (Phi) is 7.22. The number of hydrazine groups is 1. The molecule has 2 aromatic rings. The number of ether oxygens (including phenoxy) is 1. The third kappa shape index (κ3) is 6.79. The van der Waals surface area contributed by atoms with Gasteiger partial charge in [-0.05, 0) is 61.0 Å². The molecule has 29 heavy (non-hydrogen) atoms. The molecular weight excluding hydrogens is 416 g/mol. The van der Waals surface area contributed by atoms with Crippen LogP contribution >= 0.6 is 11.6 Å². The molecular formula is C19H15ClF4N2O3. The van der Waals surface area contributed by atoms with E-state index < -0.39 is 35.5 Å².